The lowest BCUT2D eigenvalue weighted by molar-refractivity contribution is 0.121. The van der Waals surface area contributed by atoms with Crippen LogP contribution in [0.1, 0.15) is 5.69 Å². The zero-order chi connectivity index (χ0) is 6.69. The maximum absolute atomic E-state index is 4.82. The fourth-order valence-electron chi connectivity index (χ4n) is 0.626. The summed E-state index contributed by atoms with van der Waals surface area (Å²) in [6, 6.07) is 1.85. The predicted octanol–water partition coefficient (Wildman–Crippen LogP) is -0.190. The molecule has 0 unspecified atom stereocenters. The minimum Gasteiger partial charge on any atom is -0.298 e. The van der Waals surface area contributed by atoms with Gasteiger partial charge in [-0.15, -0.1) is 0 Å². The summed E-state index contributed by atoms with van der Waals surface area (Å²) in [7, 11) is 1.85. The molecule has 0 bridgehead atoms. The van der Waals surface area contributed by atoms with E-state index in [4.69, 9.17) is 5.90 Å². The zero-order valence-corrected chi connectivity index (χ0v) is 5.24. The third kappa shape index (κ3) is 1.51. The lowest BCUT2D eigenvalue weighted by atomic mass is 10.5. The minimum absolute atomic E-state index is 0.376. The Kier molecular flexibility index (Phi) is 1.81. The van der Waals surface area contributed by atoms with Gasteiger partial charge in [-0.1, -0.05) is 0 Å². The van der Waals surface area contributed by atoms with Crippen LogP contribution in [0.4, 0.5) is 0 Å². The lowest BCUT2D eigenvalue weighted by Crippen LogP contribution is -2.00. The van der Waals surface area contributed by atoms with E-state index in [1.54, 1.807) is 4.68 Å². The highest BCUT2D eigenvalue weighted by atomic mass is 16.6. The molecule has 0 aromatic carbocycles. The Morgan fingerprint density at radius 1 is 1.89 bits per heavy atom. The highest BCUT2D eigenvalue weighted by Crippen LogP contribution is 1.93. The monoisotopic (exact) mass is 127 g/mol. The lowest BCUT2D eigenvalue weighted by Gasteiger charge is -1.89. The number of nitrogens with zero attached hydrogens (tertiary/aromatic N) is 2. The van der Waals surface area contributed by atoms with E-state index >= 15 is 0 Å². The quantitative estimate of drug-likeness (QED) is 0.560. The molecule has 1 rings (SSSR count). The van der Waals surface area contributed by atoms with Crippen LogP contribution in [-0.2, 0) is 18.5 Å². The molecule has 0 aliphatic rings. The molecule has 1 aromatic rings. The summed E-state index contributed by atoms with van der Waals surface area (Å²) in [5.41, 5.74) is 0.847. The van der Waals surface area contributed by atoms with Gasteiger partial charge in [0.1, 0.15) is 6.61 Å². The zero-order valence-electron chi connectivity index (χ0n) is 5.24. The minimum atomic E-state index is 0.376. The van der Waals surface area contributed by atoms with Crippen molar-refractivity contribution in [1.82, 2.24) is 9.78 Å². The molecule has 0 amide bonds. The molecule has 9 heavy (non-hydrogen) atoms. The highest BCUT2D eigenvalue weighted by molar-refractivity contribution is 4.96. The van der Waals surface area contributed by atoms with Crippen LogP contribution in [-0.4, -0.2) is 9.78 Å². The Bertz CT molecular complexity index is 184. The van der Waals surface area contributed by atoms with E-state index in [1.807, 2.05) is 19.3 Å². The van der Waals surface area contributed by atoms with Crippen LogP contribution in [0.3, 0.4) is 0 Å². The topological polar surface area (TPSA) is 53.1 Å². The fourth-order valence-corrected chi connectivity index (χ4v) is 0.626. The van der Waals surface area contributed by atoms with Gasteiger partial charge in [0.05, 0.1) is 5.69 Å². The third-order valence-corrected chi connectivity index (χ3v) is 1.00. The molecule has 2 N–H and O–H groups in total. The molecule has 1 heterocycles. The molecule has 1 aromatic heterocycles. The van der Waals surface area contributed by atoms with Gasteiger partial charge in [-0.25, -0.2) is 5.90 Å². The number of hydrogen-bond acceptors (Lipinski definition) is 3. The van der Waals surface area contributed by atoms with Crippen LogP contribution in [0, 0.1) is 0 Å². The molecule has 0 aliphatic heterocycles. The number of nitrogens with two attached hydrogens (primary N) is 1. The van der Waals surface area contributed by atoms with Gasteiger partial charge >= 0.3 is 0 Å². The second kappa shape index (κ2) is 2.61. The van der Waals surface area contributed by atoms with Crippen LogP contribution in [0.25, 0.3) is 0 Å². The van der Waals surface area contributed by atoms with Crippen molar-refractivity contribution in [2.45, 2.75) is 6.61 Å². The number of rotatable bonds is 2. The summed E-state index contributed by atoms with van der Waals surface area (Å²) < 4.78 is 1.70. The summed E-state index contributed by atoms with van der Waals surface area (Å²) >= 11 is 0. The second-order valence-corrected chi connectivity index (χ2v) is 1.79. The van der Waals surface area contributed by atoms with Gasteiger partial charge in [0.15, 0.2) is 0 Å². The first-order valence-corrected chi connectivity index (χ1v) is 2.63. The van der Waals surface area contributed by atoms with Crippen molar-refractivity contribution < 1.29 is 4.84 Å². The molecule has 4 nitrogen and oxygen atoms in total. The van der Waals surface area contributed by atoms with E-state index in [9.17, 15) is 0 Å². The van der Waals surface area contributed by atoms with E-state index in [-0.39, 0.29) is 0 Å². The molecule has 50 valence electrons. The van der Waals surface area contributed by atoms with Gasteiger partial charge in [-0.3, -0.25) is 9.52 Å². The first-order chi connectivity index (χ1) is 4.33. The van der Waals surface area contributed by atoms with Gasteiger partial charge in [0.2, 0.25) is 0 Å². The van der Waals surface area contributed by atoms with Crippen LogP contribution in [0.2, 0.25) is 0 Å². The Labute approximate surface area is 53.2 Å². The van der Waals surface area contributed by atoms with Crippen LogP contribution >= 0.6 is 0 Å². The summed E-state index contributed by atoms with van der Waals surface area (Å²) in [6.07, 6.45) is 1.84. The normalized spacial score (nSPS) is 10.0. The van der Waals surface area contributed by atoms with Crippen molar-refractivity contribution in [3.05, 3.63) is 18.0 Å². The molecular formula is C5H9N3O. The Balaban J connectivity index is 2.61. The molecule has 0 atom stereocenters. The Hall–Kier alpha value is -0.870. The smallest absolute Gasteiger partial charge is 0.112 e. The van der Waals surface area contributed by atoms with E-state index in [2.05, 4.69) is 9.94 Å². The van der Waals surface area contributed by atoms with E-state index in [0.717, 1.165) is 5.69 Å². The van der Waals surface area contributed by atoms with Crippen molar-refractivity contribution in [2.24, 2.45) is 12.9 Å². The largest absolute Gasteiger partial charge is 0.298 e. The van der Waals surface area contributed by atoms with E-state index in [1.165, 1.54) is 0 Å². The average Bonchev–Trinajstić information content (AvgIpc) is 2.17. The summed E-state index contributed by atoms with van der Waals surface area (Å²) in [5, 5.41) is 4.01. The van der Waals surface area contributed by atoms with Crippen LogP contribution < -0.4 is 5.90 Å². The molecule has 0 spiro atoms. The summed E-state index contributed by atoms with van der Waals surface area (Å²) in [4.78, 5) is 4.37. The van der Waals surface area contributed by atoms with Gasteiger partial charge < -0.3 is 0 Å². The maximum Gasteiger partial charge on any atom is 0.112 e. The average molecular weight is 127 g/mol. The highest BCUT2D eigenvalue weighted by Gasteiger charge is 1.92. The van der Waals surface area contributed by atoms with Crippen molar-refractivity contribution in [1.29, 1.82) is 0 Å². The summed E-state index contributed by atoms with van der Waals surface area (Å²) in [6.45, 7) is 0.376. The van der Waals surface area contributed by atoms with Crippen molar-refractivity contribution >= 4 is 0 Å². The van der Waals surface area contributed by atoms with Gasteiger partial charge in [-0.2, -0.15) is 5.10 Å². The number of aryl methyl sites for hydroxylation is 1. The molecule has 0 saturated carbocycles. The summed E-state index contributed by atoms with van der Waals surface area (Å²) in [5.74, 6) is 4.82. The number of hydrogen-bond donors (Lipinski definition) is 1. The molecule has 0 fully saturated rings. The van der Waals surface area contributed by atoms with Crippen molar-refractivity contribution in [2.75, 3.05) is 0 Å². The molecule has 0 aliphatic carbocycles. The van der Waals surface area contributed by atoms with E-state index in [0.29, 0.717) is 6.61 Å². The van der Waals surface area contributed by atoms with Gasteiger partial charge in [-0.05, 0) is 6.07 Å². The van der Waals surface area contributed by atoms with Gasteiger partial charge in [0, 0.05) is 13.2 Å². The van der Waals surface area contributed by atoms with Crippen LogP contribution in [0.5, 0.6) is 0 Å². The first-order valence-electron chi connectivity index (χ1n) is 2.63. The van der Waals surface area contributed by atoms with Crippen molar-refractivity contribution in [3.63, 3.8) is 0 Å². The standard InChI is InChI=1S/C5H9N3O/c1-8-3-2-5(7-8)4-9-6/h2-3H,4,6H2,1H3. The predicted molar refractivity (Wildman–Crippen MR) is 32.2 cm³/mol. The molecule has 0 saturated heterocycles. The molecule has 4 heteroatoms. The second-order valence-electron chi connectivity index (χ2n) is 1.79. The number of aromatic nitrogens is 2. The molecule has 0 radical (unpaired) electrons. The fraction of sp³-hybridized carbons (Fsp3) is 0.400. The van der Waals surface area contributed by atoms with Crippen molar-refractivity contribution in [3.8, 4) is 0 Å². The SMILES string of the molecule is Cn1ccc(CON)n1. The molecular weight excluding hydrogens is 118 g/mol. The third-order valence-electron chi connectivity index (χ3n) is 1.00. The Morgan fingerprint density at radius 3 is 3.11 bits per heavy atom. The van der Waals surface area contributed by atoms with E-state index < -0.39 is 0 Å². The van der Waals surface area contributed by atoms with Gasteiger partial charge in [0.25, 0.3) is 0 Å². The maximum atomic E-state index is 4.82. The van der Waals surface area contributed by atoms with Crippen LogP contribution in [0.15, 0.2) is 12.3 Å². The first kappa shape index (κ1) is 6.25. The Morgan fingerprint density at radius 2 is 2.67 bits per heavy atom.